The van der Waals surface area contributed by atoms with E-state index in [1.807, 2.05) is 4.90 Å². The maximum Gasteiger partial charge on any atom is 0.220 e. The van der Waals surface area contributed by atoms with Gasteiger partial charge in [0.25, 0.3) is 0 Å². The minimum Gasteiger partial charge on any atom is -0.369 e. The van der Waals surface area contributed by atoms with Crippen LogP contribution in [0.5, 0.6) is 0 Å². The second-order valence-corrected chi connectivity index (χ2v) is 5.14. The molecule has 108 valence electrons. The van der Waals surface area contributed by atoms with E-state index in [0.29, 0.717) is 31.0 Å². The van der Waals surface area contributed by atoms with Crippen LogP contribution >= 0.6 is 12.2 Å². The molecule has 1 aromatic rings. The molecule has 20 heavy (non-hydrogen) atoms. The van der Waals surface area contributed by atoms with Crippen molar-refractivity contribution < 1.29 is 13.6 Å². The number of piperidine rings is 1. The van der Waals surface area contributed by atoms with Gasteiger partial charge in [-0.05, 0) is 37.2 Å². The van der Waals surface area contributed by atoms with Crippen LogP contribution in [0.1, 0.15) is 12.8 Å². The van der Waals surface area contributed by atoms with Gasteiger partial charge in [0.05, 0.1) is 0 Å². The number of hydrogen-bond acceptors (Lipinski definition) is 2. The average Bonchev–Trinajstić information content (AvgIpc) is 2.37. The van der Waals surface area contributed by atoms with Crippen LogP contribution in [0, 0.1) is 17.6 Å². The topological polar surface area (TPSA) is 58.4 Å². The summed E-state index contributed by atoms with van der Waals surface area (Å²) in [5.41, 5.74) is 5.52. The Morgan fingerprint density at radius 2 is 1.80 bits per heavy atom. The second-order valence-electron chi connectivity index (χ2n) is 4.75. The van der Waals surface area contributed by atoms with Crippen LogP contribution in [0.2, 0.25) is 0 Å². The van der Waals surface area contributed by atoms with Gasteiger partial charge in [-0.3, -0.25) is 4.79 Å². The Balaban J connectivity index is 1.94. The fourth-order valence-electron chi connectivity index (χ4n) is 2.20. The van der Waals surface area contributed by atoms with Gasteiger partial charge in [-0.2, -0.15) is 0 Å². The van der Waals surface area contributed by atoms with Crippen molar-refractivity contribution in [1.29, 1.82) is 0 Å². The van der Waals surface area contributed by atoms with Crippen LogP contribution in [-0.4, -0.2) is 29.0 Å². The van der Waals surface area contributed by atoms with E-state index in [0.717, 1.165) is 6.07 Å². The number of anilines is 1. The van der Waals surface area contributed by atoms with Crippen molar-refractivity contribution in [1.82, 2.24) is 4.90 Å². The summed E-state index contributed by atoms with van der Waals surface area (Å²) in [6.07, 6.45) is 1.27. The third-order valence-corrected chi connectivity index (χ3v) is 3.66. The molecule has 0 radical (unpaired) electrons. The number of primary amides is 1. The molecule has 2 rings (SSSR count). The number of hydrogen-bond donors (Lipinski definition) is 2. The summed E-state index contributed by atoms with van der Waals surface area (Å²) in [5.74, 6) is -1.75. The van der Waals surface area contributed by atoms with Crippen molar-refractivity contribution in [3.8, 4) is 0 Å². The third-order valence-electron chi connectivity index (χ3n) is 3.30. The molecular formula is C13H15F2N3OS. The molecular weight excluding hydrogens is 284 g/mol. The highest BCUT2D eigenvalue weighted by Crippen LogP contribution is 2.19. The molecule has 1 amide bonds. The van der Waals surface area contributed by atoms with Gasteiger partial charge in [0.15, 0.2) is 5.11 Å². The molecule has 0 aromatic heterocycles. The molecule has 1 fully saturated rings. The van der Waals surface area contributed by atoms with Gasteiger partial charge in [-0.25, -0.2) is 8.78 Å². The predicted octanol–water partition coefficient (Wildman–Crippen LogP) is 1.86. The van der Waals surface area contributed by atoms with E-state index in [9.17, 15) is 13.6 Å². The van der Waals surface area contributed by atoms with Crippen molar-refractivity contribution in [3.05, 3.63) is 29.8 Å². The summed E-state index contributed by atoms with van der Waals surface area (Å²) >= 11 is 5.20. The number of likely N-dealkylation sites (tertiary alicyclic amines) is 1. The number of carbonyl (C=O) groups is 1. The molecule has 1 saturated heterocycles. The average molecular weight is 299 g/mol. The Hall–Kier alpha value is -1.76. The highest BCUT2D eigenvalue weighted by molar-refractivity contribution is 7.80. The first-order chi connectivity index (χ1) is 9.45. The number of nitrogens with one attached hydrogen (secondary N) is 1. The largest absolute Gasteiger partial charge is 0.369 e. The number of rotatable bonds is 2. The normalized spacial score (nSPS) is 16.0. The zero-order chi connectivity index (χ0) is 14.7. The first-order valence-electron chi connectivity index (χ1n) is 6.27. The van der Waals surface area contributed by atoms with Gasteiger partial charge in [-0.1, -0.05) is 0 Å². The van der Waals surface area contributed by atoms with Crippen LogP contribution in [0.3, 0.4) is 0 Å². The minimum atomic E-state index is -0.664. The maximum absolute atomic E-state index is 13.1. The molecule has 0 aliphatic carbocycles. The summed E-state index contributed by atoms with van der Waals surface area (Å²) in [7, 11) is 0. The Morgan fingerprint density at radius 3 is 2.30 bits per heavy atom. The molecule has 4 nitrogen and oxygen atoms in total. The number of amides is 1. The number of benzene rings is 1. The lowest BCUT2D eigenvalue weighted by Gasteiger charge is -2.32. The fourth-order valence-corrected chi connectivity index (χ4v) is 2.50. The number of nitrogens with two attached hydrogens (primary N) is 1. The van der Waals surface area contributed by atoms with Gasteiger partial charge < -0.3 is 16.0 Å². The van der Waals surface area contributed by atoms with Crippen molar-refractivity contribution >= 4 is 28.9 Å². The van der Waals surface area contributed by atoms with Gasteiger partial charge in [-0.15, -0.1) is 0 Å². The van der Waals surface area contributed by atoms with E-state index in [1.165, 1.54) is 12.1 Å². The molecule has 0 spiro atoms. The molecule has 1 aliphatic heterocycles. The standard InChI is InChI=1S/C13H15F2N3OS/c14-9-5-10(15)7-11(6-9)17-13(20)18-3-1-8(2-4-18)12(16)19/h5-8H,1-4H2,(H2,16,19)(H,17,20). The van der Waals surface area contributed by atoms with Crippen LogP contribution in [-0.2, 0) is 4.79 Å². The minimum absolute atomic E-state index is 0.124. The third kappa shape index (κ3) is 3.63. The fraction of sp³-hybridized carbons (Fsp3) is 0.385. The lowest BCUT2D eigenvalue weighted by molar-refractivity contribution is -0.122. The lowest BCUT2D eigenvalue weighted by Crippen LogP contribution is -2.43. The van der Waals surface area contributed by atoms with E-state index in [4.69, 9.17) is 18.0 Å². The number of nitrogens with zero attached hydrogens (tertiary/aromatic N) is 1. The Kier molecular flexibility index (Phi) is 4.49. The van der Waals surface area contributed by atoms with E-state index < -0.39 is 11.6 Å². The summed E-state index contributed by atoms with van der Waals surface area (Å²) in [6.45, 7) is 1.19. The van der Waals surface area contributed by atoms with E-state index in [2.05, 4.69) is 5.32 Å². The van der Waals surface area contributed by atoms with Crippen molar-refractivity contribution in [2.24, 2.45) is 11.7 Å². The van der Waals surface area contributed by atoms with Crippen molar-refractivity contribution in [2.75, 3.05) is 18.4 Å². The molecule has 0 unspecified atom stereocenters. The van der Waals surface area contributed by atoms with Gasteiger partial charge in [0, 0.05) is 30.8 Å². The summed E-state index contributed by atoms with van der Waals surface area (Å²) in [6, 6.07) is 3.14. The first-order valence-corrected chi connectivity index (χ1v) is 6.68. The molecule has 0 atom stereocenters. The quantitative estimate of drug-likeness (QED) is 0.818. The number of thiocarbonyl (C=S) groups is 1. The zero-order valence-electron chi connectivity index (χ0n) is 10.7. The molecule has 1 heterocycles. The monoisotopic (exact) mass is 299 g/mol. The summed E-state index contributed by atoms with van der Waals surface area (Å²) < 4.78 is 26.1. The van der Waals surface area contributed by atoms with Gasteiger partial charge in [0.1, 0.15) is 11.6 Å². The molecule has 0 bridgehead atoms. The van der Waals surface area contributed by atoms with Crippen LogP contribution in [0.4, 0.5) is 14.5 Å². The summed E-state index contributed by atoms with van der Waals surface area (Å²) in [4.78, 5) is 12.9. The zero-order valence-corrected chi connectivity index (χ0v) is 11.6. The SMILES string of the molecule is NC(=O)C1CCN(C(=S)Nc2cc(F)cc(F)c2)CC1. The van der Waals surface area contributed by atoms with Crippen molar-refractivity contribution in [2.45, 2.75) is 12.8 Å². The van der Waals surface area contributed by atoms with E-state index >= 15 is 0 Å². The highest BCUT2D eigenvalue weighted by atomic mass is 32.1. The number of halogens is 2. The lowest BCUT2D eigenvalue weighted by atomic mass is 9.97. The van der Waals surface area contributed by atoms with E-state index in [1.54, 1.807) is 0 Å². The Labute approximate surface area is 120 Å². The van der Waals surface area contributed by atoms with Crippen molar-refractivity contribution in [3.63, 3.8) is 0 Å². The van der Waals surface area contributed by atoms with Gasteiger partial charge >= 0.3 is 0 Å². The smallest absolute Gasteiger partial charge is 0.220 e. The van der Waals surface area contributed by atoms with Gasteiger partial charge in [0.2, 0.25) is 5.91 Å². The molecule has 0 saturated carbocycles. The molecule has 7 heteroatoms. The maximum atomic E-state index is 13.1. The molecule has 1 aromatic carbocycles. The van der Waals surface area contributed by atoms with Crippen LogP contribution < -0.4 is 11.1 Å². The Bertz CT molecular complexity index is 510. The first kappa shape index (κ1) is 14.6. The summed E-state index contributed by atoms with van der Waals surface area (Å²) in [5, 5.41) is 3.19. The number of carbonyl (C=O) groups excluding carboxylic acids is 1. The highest BCUT2D eigenvalue weighted by Gasteiger charge is 2.24. The molecule has 3 N–H and O–H groups in total. The van der Waals surface area contributed by atoms with Crippen LogP contribution in [0.25, 0.3) is 0 Å². The van der Waals surface area contributed by atoms with E-state index in [-0.39, 0.29) is 17.5 Å². The Morgan fingerprint density at radius 1 is 1.25 bits per heavy atom. The predicted molar refractivity (Wildman–Crippen MR) is 76.1 cm³/mol. The molecule has 1 aliphatic rings. The second kappa shape index (κ2) is 6.13. The van der Waals surface area contributed by atoms with Crippen LogP contribution in [0.15, 0.2) is 18.2 Å².